The van der Waals surface area contributed by atoms with Crippen molar-refractivity contribution in [3.05, 3.63) is 35.4 Å². The smallest absolute Gasteiger partial charge is 0.251 e. The third kappa shape index (κ3) is 4.75. The Morgan fingerprint density at radius 3 is 2.88 bits per heavy atom. The van der Waals surface area contributed by atoms with Gasteiger partial charge in [0.05, 0.1) is 12.6 Å². The highest BCUT2D eigenvalue weighted by molar-refractivity contribution is 6.17. The van der Waals surface area contributed by atoms with Crippen molar-refractivity contribution in [2.24, 2.45) is 0 Å². The van der Waals surface area contributed by atoms with Gasteiger partial charge < -0.3 is 10.1 Å². The predicted octanol–water partition coefficient (Wildman–Crippen LogP) is 2.37. The van der Waals surface area contributed by atoms with Gasteiger partial charge in [-0.1, -0.05) is 17.7 Å². The zero-order chi connectivity index (χ0) is 12.7. The third-order valence-corrected chi connectivity index (χ3v) is 2.66. The highest BCUT2D eigenvalue weighted by Gasteiger charge is 2.13. The van der Waals surface area contributed by atoms with Crippen LogP contribution in [0.4, 0.5) is 0 Å². The molecular weight excluding hydrogens is 238 g/mol. The number of alkyl halides is 1. The standard InChI is InChI=1S/C13H18ClNO2/c1-10-4-3-5-11(8-10)13(16)15-12(6-7-14)9-17-2/h3-5,8,12H,6-7,9H2,1-2H3,(H,15,16). The second-order valence-corrected chi connectivity index (χ2v) is 4.35. The van der Waals surface area contributed by atoms with E-state index in [4.69, 9.17) is 16.3 Å². The first-order valence-electron chi connectivity index (χ1n) is 5.59. The molecule has 17 heavy (non-hydrogen) atoms. The number of halogens is 1. The molecular formula is C13H18ClNO2. The molecule has 4 heteroatoms. The monoisotopic (exact) mass is 255 g/mol. The van der Waals surface area contributed by atoms with Crippen molar-refractivity contribution in [3.63, 3.8) is 0 Å². The maximum atomic E-state index is 11.9. The molecule has 1 rings (SSSR count). The number of ether oxygens (including phenoxy) is 1. The summed E-state index contributed by atoms with van der Waals surface area (Å²) in [7, 11) is 1.61. The van der Waals surface area contributed by atoms with Crippen LogP contribution in [0.25, 0.3) is 0 Å². The molecule has 1 aromatic rings. The van der Waals surface area contributed by atoms with Gasteiger partial charge in [-0.05, 0) is 25.5 Å². The molecule has 0 saturated carbocycles. The van der Waals surface area contributed by atoms with Crippen LogP contribution in [-0.4, -0.2) is 31.5 Å². The Kier molecular flexibility index (Phi) is 6.01. The van der Waals surface area contributed by atoms with Crippen LogP contribution < -0.4 is 5.32 Å². The van der Waals surface area contributed by atoms with E-state index in [2.05, 4.69) is 5.32 Å². The summed E-state index contributed by atoms with van der Waals surface area (Å²) in [6.45, 7) is 2.44. The fourth-order valence-corrected chi connectivity index (χ4v) is 1.85. The fourth-order valence-electron chi connectivity index (χ4n) is 1.59. The minimum Gasteiger partial charge on any atom is -0.383 e. The van der Waals surface area contributed by atoms with Crippen molar-refractivity contribution in [1.82, 2.24) is 5.32 Å². The Morgan fingerprint density at radius 2 is 2.29 bits per heavy atom. The summed E-state index contributed by atoms with van der Waals surface area (Å²) in [5, 5.41) is 2.91. The van der Waals surface area contributed by atoms with E-state index in [0.29, 0.717) is 24.5 Å². The Labute approximate surface area is 107 Å². The Bertz CT molecular complexity index is 362. The lowest BCUT2D eigenvalue weighted by molar-refractivity contribution is 0.0895. The van der Waals surface area contributed by atoms with Crippen molar-refractivity contribution < 1.29 is 9.53 Å². The number of aryl methyl sites for hydroxylation is 1. The third-order valence-electron chi connectivity index (χ3n) is 2.44. The number of hydrogen-bond acceptors (Lipinski definition) is 2. The summed E-state index contributed by atoms with van der Waals surface area (Å²) in [4.78, 5) is 11.9. The number of rotatable bonds is 6. The van der Waals surface area contributed by atoms with Gasteiger partial charge in [0.15, 0.2) is 0 Å². The first kappa shape index (κ1) is 14.0. The second-order valence-electron chi connectivity index (χ2n) is 3.97. The van der Waals surface area contributed by atoms with Gasteiger partial charge in [-0.15, -0.1) is 11.6 Å². The Hall–Kier alpha value is -1.06. The molecule has 0 saturated heterocycles. The normalized spacial score (nSPS) is 12.2. The van der Waals surface area contributed by atoms with Gasteiger partial charge in [-0.25, -0.2) is 0 Å². The van der Waals surface area contributed by atoms with Gasteiger partial charge in [0.1, 0.15) is 0 Å². The lowest BCUT2D eigenvalue weighted by Crippen LogP contribution is -2.38. The van der Waals surface area contributed by atoms with Crippen LogP contribution in [0, 0.1) is 6.92 Å². The lowest BCUT2D eigenvalue weighted by atomic mass is 10.1. The van der Waals surface area contributed by atoms with Gasteiger partial charge in [0.25, 0.3) is 5.91 Å². The summed E-state index contributed by atoms with van der Waals surface area (Å²) >= 11 is 5.68. The van der Waals surface area contributed by atoms with E-state index < -0.39 is 0 Å². The zero-order valence-corrected chi connectivity index (χ0v) is 11.0. The average Bonchev–Trinajstić information content (AvgIpc) is 2.29. The van der Waals surface area contributed by atoms with Crippen molar-refractivity contribution in [1.29, 1.82) is 0 Å². The average molecular weight is 256 g/mol. The van der Waals surface area contributed by atoms with Crippen molar-refractivity contribution >= 4 is 17.5 Å². The molecule has 0 aliphatic carbocycles. The number of amides is 1. The van der Waals surface area contributed by atoms with Gasteiger partial charge in [0.2, 0.25) is 0 Å². The van der Waals surface area contributed by atoms with Crippen LogP contribution in [-0.2, 0) is 4.74 Å². The van der Waals surface area contributed by atoms with Gasteiger partial charge in [0, 0.05) is 18.6 Å². The minimum absolute atomic E-state index is 0.0366. The summed E-state index contributed by atoms with van der Waals surface area (Å²) < 4.78 is 5.04. The van der Waals surface area contributed by atoms with E-state index in [1.807, 2.05) is 25.1 Å². The molecule has 0 heterocycles. The summed E-state index contributed by atoms with van der Waals surface area (Å²) in [6.07, 6.45) is 0.701. The predicted molar refractivity (Wildman–Crippen MR) is 69.6 cm³/mol. The molecule has 0 aliphatic rings. The molecule has 94 valence electrons. The zero-order valence-electron chi connectivity index (χ0n) is 10.2. The number of carbonyl (C=O) groups is 1. The van der Waals surface area contributed by atoms with Crippen LogP contribution in [0.1, 0.15) is 22.3 Å². The summed E-state index contributed by atoms with van der Waals surface area (Å²) in [6, 6.07) is 7.46. The van der Waals surface area contributed by atoms with E-state index in [1.54, 1.807) is 13.2 Å². The summed E-state index contributed by atoms with van der Waals surface area (Å²) in [5.74, 6) is 0.420. The van der Waals surface area contributed by atoms with Gasteiger partial charge in [-0.3, -0.25) is 4.79 Å². The lowest BCUT2D eigenvalue weighted by Gasteiger charge is -2.16. The van der Waals surface area contributed by atoms with Crippen LogP contribution in [0.2, 0.25) is 0 Å². The van der Waals surface area contributed by atoms with E-state index in [0.717, 1.165) is 5.56 Å². The van der Waals surface area contributed by atoms with Crippen molar-refractivity contribution in [3.8, 4) is 0 Å². The van der Waals surface area contributed by atoms with E-state index >= 15 is 0 Å². The number of nitrogens with one attached hydrogen (secondary N) is 1. The Morgan fingerprint density at radius 1 is 1.53 bits per heavy atom. The van der Waals surface area contributed by atoms with E-state index in [9.17, 15) is 4.79 Å². The largest absolute Gasteiger partial charge is 0.383 e. The van der Waals surface area contributed by atoms with Crippen molar-refractivity contribution in [2.75, 3.05) is 19.6 Å². The fraction of sp³-hybridized carbons (Fsp3) is 0.462. The SMILES string of the molecule is COCC(CCCl)NC(=O)c1cccc(C)c1. The number of hydrogen-bond donors (Lipinski definition) is 1. The van der Waals surface area contributed by atoms with E-state index in [-0.39, 0.29) is 11.9 Å². The molecule has 0 radical (unpaired) electrons. The first-order chi connectivity index (χ1) is 8.17. The first-order valence-corrected chi connectivity index (χ1v) is 6.13. The van der Waals surface area contributed by atoms with Crippen LogP contribution in [0.15, 0.2) is 24.3 Å². The highest BCUT2D eigenvalue weighted by atomic mass is 35.5. The van der Waals surface area contributed by atoms with Gasteiger partial charge in [-0.2, -0.15) is 0 Å². The molecule has 1 atom stereocenters. The van der Waals surface area contributed by atoms with Crippen LogP contribution in [0.3, 0.4) is 0 Å². The maximum absolute atomic E-state index is 11.9. The molecule has 3 nitrogen and oxygen atoms in total. The van der Waals surface area contributed by atoms with Crippen LogP contribution in [0.5, 0.6) is 0 Å². The molecule has 1 aromatic carbocycles. The van der Waals surface area contributed by atoms with E-state index in [1.165, 1.54) is 0 Å². The minimum atomic E-state index is -0.0825. The van der Waals surface area contributed by atoms with Gasteiger partial charge >= 0.3 is 0 Å². The maximum Gasteiger partial charge on any atom is 0.251 e. The second kappa shape index (κ2) is 7.30. The Balaban J connectivity index is 2.63. The molecule has 0 aliphatic heterocycles. The number of carbonyl (C=O) groups excluding carboxylic acids is 1. The molecule has 0 aromatic heterocycles. The summed E-state index contributed by atoms with van der Waals surface area (Å²) in [5.41, 5.74) is 1.74. The number of benzene rings is 1. The van der Waals surface area contributed by atoms with Crippen molar-refractivity contribution in [2.45, 2.75) is 19.4 Å². The molecule has 1 unspecified atom stereocenters. The molecule has 0 fully saturated rings. The van der Waals surface area contributed by atoms with Crippen LogP contribution >= 0.6 is 11.6 Å². The molecule has 1 amide bonds. The quantitative estimate of drug-likeness (QED) is 0.793. The topological polar surface area (TPSA) is 38.3 Å². The molecule has 0 spiro atoms. The molecule has 0 bridgehead atoms. The number of methoxy groups -OCH3 is 1. The molecule has 1 N–H and O–H groups in total. The highest BCUT2D eigenvalue weighted by Crippen LogP contribution is 2.05.